The van der Waals surface area contributed by atoms with Gasteiger partial charge in [-0.3, -0.25) is 9.59 Å². The smallest absolute Gasteiger partial charge is 0.344 e. The molecule has 0 bridgehead atoms. The fraction of sp³-hybridized carbons (Fsp3) is 0.348. The van der Waals surface area contributed by atoms with E-state index in [0.29, 0.717) is 27.3 Å². The summed E-state index contributed by atoms with van der Waals surface area (Å²) in [5, 5.41) is 4.20. The summed E-state index contributed by atoms with van der Waals surface area (Å²) >= 11 is 1.39. The third-order valence-corrected chi connectivity index (χ3v) is 7.03. The zero-order valence-electron chi connectivity index (χ0n) is 17.2. The van der Waals surface area contributed by atoms with Gasteiger partial charge in [-0.1, -0.05) is 39.0 Å². The van der Waals surface area contributed by atoms with Crippen LogP contribution in [0.4, 0.5) is 5.00 Å². The lowest BCUT2D eigenvalue weighted by molar-refractivity contribution is 0.0993. The summed E-state index contributed by atoms with van der Waals surface area (Å²) in [7, 11) is 0. The van der Waals surface area contributed by atoms with Crippen molar-refractivity contribution in [3.05, 3.63) is 62.5 Å². The third-order valence-electron chi connectivity index (χ3n) is 5.86. The molecule has 0 fully saturated rings. The summed E-state index contributed by atoms with van der Waals surface area (Å²) in [6, 6.07) is 8.44. The molecule has 1 aromatic carbocycles. The molecule has 0 saturated carbocycles. The van der Waals surface area contributed by atoms with E-state index in [4.69, 9.17) is 10.2 Å². The molecule has 1 aliphatic carbocycles. The van der Waals surface area contributed by atoms with Crippen molar-refractivity contribution in [3.63, 3.8) is 0 Å². The van der Waals surface area contributed by atoms with E-state index in [1.54, 1.807) is 24.3 Å². The van der Waals surface area contributed by atoms with E-state index < -0.39 is 17.4 Å². The van der Waals surface area contributed by atoms with Gasteiger partial charge in [-0.2, -0.15) is 0 Å². The molecule has 4 rings (SSSR count). The monoisotopic (exact) mass is 424 g/mol. The second-order valence-corrected chi connectivity index (χ2v) is 9.92. The van der Waals surface area contributed by atoms with Crippen molar-refractivity contribution in [3.8, 4) is 0 Å². The van der Waals surface area contributed by atoms with Gasteiger partial charge in [0.2, 0.25) is 0 Å². The van der Waals surface area contributed by atoms with Gasteiger partial charge in [0.15, 0.2) is 5.76 Å². The molecule has 1 aliphatic rings. The summed E-state index contributed by atoms with van der Waals surface area (Å²) in [6.07, 6.45) is 2.58. The second-order valence-electron chi connectivity index (χ2n) is 8.82. The van der Waals surface area contributed by atoms with Crippen molar-refractivity contribution >= 4 is 38.9 Å². The van der Waals surface area contributed by atoms with Gasteiger partial charge in [-0.15, -0.1) is 11.3 Å². The number of hydrogen-bond donors (Lipinski definition) is 2. The molecule has 0 saturated heterocycles. The van der Waals surface area contributed by atoms with E-state index >= 15 is 0 Å². The highest BCUT2D eigenvalue weighted by Gasteiger charge is 2.33. The number of rotatable bonds is 3. The average molecular weight is 425 g/mol. The first-order valence-corrected chi connectivity index (χ1v) is 10.8. The van der Waals surface area contributed by atoms with Gasteiger partial charge in [0.1, 0.15) is 5.00 Å². The molecule has 2 heterocycles. The van der Waals surface area contributed by atoms with Gasteiger partial charge in [0, 0.05) is 4.88 Å². The number of carbonyl (C=O) groups excluding carboxylic acids is 2. The minimum Gasteiger partial charge on any atom is -0.417 e. The van der Waals surface area contributed by atoms with Crippen LogP contribution >= 0.6 is 11.3 Å². The van der Waals surface area contributed by atoms with Crippen LogP contribution in [-0.4, -0.2) is 11.8 Å². The molecule has 3 aromatic rings. The quantitative estimate of drug-likeness (QED) is 0.652. The van der Waals surface area contributed by atoms with Gasteiger partial charge >= 0.3 is 5.63 Å². The maximum atomic E-state index is 12.8. The summed E-state index contributed by atoms with van der Waals surface area (Å²) in [4.78, 5) is 38.3. The highest BCUT2D eigenvalue weighted by atomic mass is 32.1. The van der Waals surface area contributed by atoms with E-state index in [1.807, 2.05) is 0 Å². The molecule has 0 unspecified atom stereocenters. The Hall–Kier alpha value is -2.93. The average Bonchev–Trinajstić information content (AvgIpc) is 3.04. The molecule has 3 N–H and O–H groups in total. The van der Waals surface area contributed by atoms with E-state index in [2.05, 4.69) is 26.1 Å². The number of benzene rings is 1. The van der Waals surface area contributed by atoms with Crippen LogP contribution in [0, 0.1) is 11.3 Å². The summed E-state index contributed by atoms with van der Waals surface area (Å²) in [5.74, 6) is -0.747. The first-order chi connectivity index (χ1) is 14.1. The number of nitrogens with two attached hydrogens (primary N) is 1. The maximum absolute atomic E-state index is 12.8. The van der Waals surface area contributed by atoms with E-state index in [9.17, 15) is 14.4 Å². The van der Waals surface area contributed by atoms with Crippen LogP contribution in [0.1, 0.15) is 58.5 Å². The second kappa shape index (κ2) is 7.40. The van der Waals surface area contributed by atoms with Crippen LogP contribution in [0.25, 0.3) is 10.8 Å². The summed E-state index contributed by atoms with van der Waals surface area (Å²) in [6.45, 7) is 6.65. The SMILES string of the molecule is CC(C)(C)[C@H]1CCc2c(sc(NC(=O)c3cc4ccccc4c(=O)o3)c2C(N)=O)C1. The van der Waals surface area contributed by atoms with Crippen molar-refractivity contribution < 1.29 is 14.0 Å². The lowest BCUT2D eigenvalue weighted by Crippen LogP contribution is -2.27. The molecule has 7 heteroatoms. The number of anilines is 1. The molecule has 2 aromatic heterocycles. The number of fused-ring (bicyclic) bond motifs is 2. The highest BCUT2D eigenvalue weighted by molar-refractivity contribution is 7.17. The van der Waals surface area contributed by atoms with Crippen LogP contribution in [0.3, 0.4) is 0 Å². The zero-order chi connectivity index (χ0) is 21.6. The molecule has 0 aliphatic heterocycles. The molecule has 30 heavy (non-hydrogen) atoms. The van der Waals surface area contributed by atoms with Gasteiger partial charge in [-0.25, -0.2) is 4.79 Å². The molecule has 0 spiro atoms. The Labute approximate surface area is 178 Å². The van der Waals surface area contributed by atoms with Gasteiger partial charge < -0.3 is 15.5 Å². The van der Waals surface area contributed by atoms with Crippen LogP contribution in [0.15, 0.2) is 39.5 Å². The molecule has 6 nitrogen and oxygen atoms in total. The Morgan fingerprint density at radius 2 is 1.97 bits per heavy atom. The van der Waals surface area contributed by atoms with Crippen molar-refractivity contribution in [1.82, 2.24) is 0 Å². The lowest BCUT2D eigenvalue weighted by atomic mass is 9.72. The van der Waals surface area contributed by atoms with E-state index in [-0.39, 0.29) is 11.2 Å². The standard InChI is InChI=1S/C23H24N2O4S/c1-23(2,3)13-8-9-15-17(11-13)30-21(18(15)19(24)26)25-20(27)16-10-12-6-4-5-7-14(12)22(28)29-16/h4-7,10,13H,8-9,11H2,1-3H3,(H2,24,26)(H,25,27)/t13-/m0/s1. The van der Waals surface area contributed by atoms with Gasteiger partial charge in [-0.05, 0) is 53.7 Å². The van der Waals surface area contributed by atoms with Crippen molar-refractivity contribution in [2.24, 2.45) is 17.1 Å². The lowest BCUT2D eigenvalue weighted by Gasteiger charge is -2.33. The number of primary amides is 1. The third kappa shape index (κ3) is 3.65. The number of amides is 2. The Kier molecular flexibility index (Phi) is 5.02. The summed E-state index contributed by atoms with van der Waals surface area (Å²) in [5.41, 5.74) is 6.55. The van der Waals surface area contributed by atoms with Gasteiger partial charge in [0.25, 0.3) is 11.8 Å². The molecule has 0 radical (unpaired) electrons. The highest BCUT2D eigenvalue weighted by Crippen LogP contribution is 2.44. The maximum Gasteiger partial charge on any atom is 0.344 e. The molecule has 156 valence electrons. The van der Waals surface area contributed by atoms with Crippen LogP contribution in [0.2, 0.25) is 0 Å². The fourth-order valence-electron chi connectivity index (χ4n) is 4.08. The predicted octanol–water partition coefficient (Wildman–Crippen LogP) is 4.36. The first-order valence-electron chi connectivity index (χ1n) is 9.93. The Morgan fingerprint density at radius 3 is 2.67 bits per heavy atom. The minimum absolute atomic E-state index is 0.104. The minimum atomic E-state index is -0.577. The van der Waals surface area contributed by atoms with Crippen molar-refractivity contribution in [1.29, 1.82) is 0 Å². The Morgan fingerprint density at radius 1 is 1.23 bits per heavy atom. The topological polar surface area (TPSA) is 102 Å². The molecule has 1 atom stereocenters. The zero-order valence-corrected chi connectivity index (χ0v) is 18.0. The van der Waals surface area contributed by atoms with Crippen LogP contribution < -0.4 is 16.7 Å². The molecular formula is C23H24N2O4S. The Balaban J connectivity index is 1.68. The fourth-order valence-corrected chi connectivity index (χ4v) is 5.41. The van der Waals surface area contributed by atoms with Crippen molar-refractivity contribution in [2.45, 2.75) is 40.0 Å². The van der Waals surface area contributed by atoms with E-state index in [0.717, 1.165) is 29.7 Å². The normalized spacial score (nSPS) is 16.3. The van der Waals surface area contributed by atoms with E-state index in [1.165, 1.54) is 17.4 Å². The molecular weight excluding hydrogens is 400 g/mol. The predicted molar refractivity (Wildman–Crippen MR) is 118 cm³/mol. The molecule has 2 amide bonds. The Bertz CT molecular complexity index is 1220. The number of nitrogens with one attached hydrogen (secondary N) is 1. The van der Waals surface area contributed by atoms with Gasteiger partial charge in [0.05, 0.1) is 10.9 Å². The number of hydrogen-bond acceptors (Lipinski definition) is 5. The van der Waals surface area contributed by atoms with Crippen LogP contribution in [0.5, 0.6) is 0 Å². The summed E-state index contributed by atoms with van der Waals surface area (Å²) < 4.78 is 5.21. The number of carbonyl (C=O) groups is 2. The largest absolute Gasteiger partial charge is 0.417 e. The van der Waals surface area contributed by atoms with Crippen LogP contribution in [-0.2, 0) is 12.8 Å². The number of thiophene rings is 1. The van der Waals surface area contributed by atoms with Crippen molar-refractivity contribution in [2.75, 3.05) is 5.32 Å². The first kappa shape index (κ1) is 20.3.